The molecule has 0 saturated heterocycles. The summed E-state index contributed by atoms with van der Waals surface area (Å²) in [6, 6.07) is 3.37. The van der Waals surface area contributed by atoms with Crippen LogP contribution in [0.2, 0.25) is 0 Å². The lowest BCUT2D eigenvalue weighted by atomic mass is 9.86. The number of amides is 1. The highest BCUT2D eigenvalue weighted by molar-refractivity contribution is 5.82. The summed E-state index contributed by atoms with van der Waals surface area (Å²) in [5.74, 6) is -0.320. The van der Waals surface area contributed by atoms with Crippen molar-refractivity contribution in [3.05, 3.63) is 29.6 Å². The second-order valence-corrected chi connectivity index (χ2v) is 5.93. The maximum Gasteiger partial charge on any atom is 0.237 e. The monoisotopic (exact) mass is 282 g/mol. The minimum Gasteiger partial charge on any atom is -0.496 e. The molecule has 1 rings (SSSR count). The van der Waals surface area contributed by atoms with Gasteiger partial charge in [0.2, 0.25) is 5.91 Å². The Morgan fingerprint density at radius 3 is 2.50 bits per heavy atom. The molecule has 4 nitrogen and oxygen atoms in total. The second kappa shape index (κ2) is 6.22. The van der Waals surface area contributed by atoms with Crippen molar-refractivity contribution in [3.8, 4) is 5.75 Å². The molecular formula is C15H23FN2O2. The Hall–Kier alpha value is -1.62. The summed E-state index contributed by atoms with van der Waals surface area (Å²) in [5.41, 5.74) is 5.86. The molecule has 0 aromatic heterocycles. The molecule has 0 aliphatic carbocycles. The summed E-state index contributed by atoms with van der Waals surface area (Å²) >= 11 is 0. The van der Waals surface area contributed by atoms with Crippen molar-refractivity contribution in [1.82, 2.24) is 5.32 Å². The first-order valence-electron chi connectivity index (χ1n) is 6.56. The molecule has 1 amide bonds. The van der Waals surface area contributed by atoms with Crippen LogP contribution in [0.3, 0.4) is 0 Å². The third kappa shape index (κ3) is 3.70. The SMILES string of the molecule is COc1cccc(F)c1C(C)NC(=O)[C@@H](N)C(C)(C)C. The molecule has 0 radical (unpaired) electrons. The molecule has 3 N–H and O–H groups in total. The molecule has 0 aliphatic heterocycles. The van der Waals surface area contributed by atoms with E-state index in [4.69, 9.17) is 10.5 Å². The standard InChI is InChI=1S/C15H23FN2O2/c1-9(18-14(19)13(17)15(2,3)4)12-10(16)7-6-8-11(12)20-5/h6-9,13H,17H2,1-5H3,(H,18,19)/t9?,13-/m1/s1. The normalized spacial score (nSPS) is 14.6. The molecule has 1 unspecified atom stereocenters. The molecule has 112 valence electrons. The topological polar surface area (TPSA) is 64.3 Å². The number of halogens is 1. The van der Waals surface area contributed by atoms with Crippen LogP contribution in [0, 0.1) is 11.2 Å². The van der Waals surface area contributed by atoms with Crippen LogP contribution in [0.4, 0.5) is 4.39 Å². The van der Waals surface area contributed by atoms with Gasteiger partial charge in [-0.3, -0.25) is 4.79 Å². The Balaban J connectivity index is 2.92. The molecule has 20 heavy (non-hydrogen) atoms. The van der Waals surface area contributed by atoms with E-state index < -0.39 is 17.9 Å². The second-order valence-electron chi connectivity index (χ2n) is 5.93. The fraction of sp³-hybridized carbons (Fsp3) is 0.533. The number of carbonyl (C=O) groups is 1. The summed E-state index contributed by atoms with van der Waals surface area (Å²) in [5, 5.41) is 2.73. The van der Waals surface area contributed by atoms with Crippen molar-refractivity contribution in [2.24, 2.45) is 11.1 Å². The molecule has 1 aromatic carbocycles. The average molecular weight is 282 g/mol. The molecular weight excluding hydrogens is 259 g/mol. The van der Waals surface area contributed by atoms with Crippen molar-refractivity contribution in [1.29, 1.82) is 0 Å². The van der Waals surface area contributed by atoms with Crippen LogP contribution in [-0.2, 0) is 4.79 Å². The van der Waals surface area contributed by atoms with Gasteiger partial charge in [-0.25, -0.2) is 4.39 Å². The van der Waals surface area contributed by atoms with Gasteiger partial charge in [0.25, 0.3) is 0 Å². The minimum atomic E-state index is -0.664. The van der Waals surface area contributed by atoms with Gasteiger partial charge in [-0.2, -0.15) is 0 Å². The predicted molar refractivity (Wildman–Crippen MR) is 76.9 cm³/mol. The fourth-order valence-corrected chi connectivity index (χ4v) is 1.88. The number of hydrogen-bond donors (Lipinski definition) is 2. The van der Waals surface area contributed by atoms with Crippen LogP contribution in [0.1, 0.15) is 39.3 Å². The number of rotatable bonds is 4. The van der Waals surface area contributed by atoms with E-state index in [-0.39, 0.29) is 11.3 Å². The highest BCUT2D eigenvalue weighted by atomic mass is 19.1. The van der Waals surface area contributed by atoms with E-state index in [1.54, 1.807) is 19.1 Å². The van der Waals surface area contributed by atoms with Crippen molar-refractivity contribution in [2.75, 3.05) is 7.11 Å². The first-order valence-corrected chi connectivity index (χ1v) is 6.56. The Kier molecular flexibility index (Phi) is 5.11. The summed E-state index contributed by atoms with van der Waals surface area (Å²) in [6.45, 7) is 7.34. The molecule has 0 saturated carbocycles. The van der Waals surface area contributed by atoms with E-state index in [9.17, 15) is 9.18 Å². The maximum absolute atomic E-state index is 13.9. The van der Waals surface area contributed by atoms with Crippen molar-refractivity contribution < 1.29 is 13.9 Å². The lowest BCUT2D eigenvalue weighted by Gasteiger charge is -2.28. The lowest BCUT2D eigenvalue weighted by molar-refractivity contribution is -0.125. The van der Waals surface area contributed by atoms with Crippen LogP contribution in [0.5, 0.6) is 5.75 Å². The summed E-state index contributed by atoms with van der Waals surface area (Å²) in [4.78, 5) is 12.1. The van der Waals surface area contributed by atoms with E-state index in [1.165, 1.54) is 13.2 Å². The first kappa shape index (κ1) is 16.4. The van der Waals surface area contributed by atoms with Crippen molar-refractivity contribution in [3.63, 3.8) is 0 Å². The summed E-state index contributed by atoms with van der Waals surface area (Å²) in [6.07, 6.45) is 0. The van der Waals surface area contributed by atoms with E-state index in [2.05, 4.69) is 5.32 Å². The van der Waals surface area contributed by atoms with Gasteiger partial charge < -0.3 is 15.8 Å². The van der Waals surface area contributed by atoms with Crippen molar-refractivity contribution in [2.45, 2.75) is 39.8 Å². The third-order valence-corrected chi connectivity index (χ3v) is 3.24. The maximum atomic E-state index is 13.9. The average Bonchev–Trinajstić information content (AvgIpc) is 2.35. The number of nitrogens with two attached hydrogens (primary N) is 1. The molecule has 0 spiro atoms. The number of hydrogen-bond acceptors (Lipinski definition) is 3. The molecule has 2 atom stereocenters. The van der Waals surface area contributed by atoms with Gasteiger partial charge in [-0.15, -0.1) is 0 Å². The lowest BCUT2D eigenvalue weighted by Crippen LogP contribution is -2.49. The van der Waals surface area contributed by atoms with Gasteiger partial charge in [0.05, 0.1) is 24.8 Å². The number of methoxy groups -OCH3 is 1. The van der Waals surface area contributed by atoms with Gasteiger partial charge in [-0.1, -0.05) is 26.8 Å². The Morgan fingerprint density at radius 1 is 1.40 bits per heavy atom. The number of ether oxygens (including phenoxy) is 1. The summed E-state index contributed by atoms with van der Waals surface area (Å²) < 4.78 is 19.0. The van der Waals surface area contributed by atoms with E-state index in [0.29, 0.717) is 11.3 Å². The van der Waals surface area contributed by atoms with Gasteiger partial charge in [-0.05, 0) is 24.5 Å². The first-order chi connectivity index (χ1) is 9.18. The van der Waals surface area contributed by atoms with Gasteiger partial charge in [0.15, 0.2) is 0 Å². The van der Waals surface area contributed by atoms with Gasteiger partial charge in [0, 0.05) is 0 Å². The zero-order valence-electron chi connectivity index (χ0n) is 12.7. The van der Waals surface area contributed by atoms with E-state index >= 15 is 0 Å². The number of benzene rings is 1. The third-order valence-electron chi connectivity index (χ3n) is 3.24. The van der Waals surface area contributed by atoms with Crippen LogP contribution in [0.25, 0.3) is 0 Å². The van der Waals surface area contributed by atoms with E-state index in [0.717, 1.165) is 0 Å². The van der Waals surface area contributed by atoms with Crippen molar-refractivity contribution >= 4 is 5.91 Å². The molecule has 0 aliphatic rings. The fourth-order valence-electron chi connectivity index (χ4n) is 1.88. The van der Waals surface area contributed by atoms with Crippen LogP contribution >= 0.6 is 0 Å². The highest BCUT2D eigenvalue weighted by Crippen LogP contribution is 2.28. The number of nitrogens with one attached hydrogen (secondary N) is 1. The Bertz CT molecular complexity index is 483. The predicted octanol–water partition coefficient (Wildman–Crippen LogP) is 2.38. The molecule has 0 fully saturated rings. The van der Waals surface area contributed by atoms with Crippen LogP contribution < -0.4 is 15.8 Å². The van der Waals surface area contributed by atoms with Gasteiger partial charge in [0.1, 0.15) is 11.6 Å². The largest absolute Gasteiger partial charge is 0.496 e. The Morgan fingerprint density at radius 2 is 2.00 bits per heavy atom. The van der Waals surface area contributed by atoms with E-state index in [1.807, 2.05) is 20.8 Å². The highest BCUT2D eigenvalue weighted by Gasteiger charge is 2.29. The quantitative estimate of drug-likeness (QED) is 0.891. The zero-order chi connectivity index (χ0) is 15.5. The van der Waals surface area contributed by atoms with Crippen LogP contribution in [0.15, 0.2) is 18.2 Å². The smallest absolute Gasteiger partial charge is 0.237 e. The van der Waals surface area contributed by atoms with Crippen LogP contribution in [-0.4, -0.2) is 19.1 Å². The molecule has 1 aromatic rings. The minimum absolute atomic E-state index is 0.310. The molecule has 5 heteroatoms. The Labute approximate surface area is 119 Å². The zero-order valence-corrected chi connectivity index (χ0v) is 12.7. The number of carbonyl (C=O) groups excluding carboxylic acids is 1. The molecule has 0 heterocycles. The van der Waals surface area contributed by atoms with Gasteiger partial charge >= 0.3 is 0 Å². The molecule has 0 bridgehead atoms. The summed E-state index contributed by atoms with van der Waals surface area (Å²) in [7, 11) is 1.47.